The fraction of sp³-hybridized carbons (Fsp3) is 0.500. The van der Waals surface area contributed by atoms with E-state index in [0.717, 1.165) is 19.3 Å². The van der Waals surface area contributed by atoms with Gasteiger partial charge in [0, 0.05) is 0 Å². The summed E-state index contributed by atoms with van der Waals surface area (Å²) < 4.78 is 84.4. The molecule has 0 saturated carbocycles. The van der Waals surface area contributed by atoms with Gasteiger partial charge in [-0.15, -0.1) is 11.8 Å². The lowest BCUT2D eigenvalue weighted by molar-refractivity contribution is 0.384. The van der Waals surface area contributed by atoms with Crippen molar-refractivity contribution >= 4 is 21.9 Å². The van der Waals surface area contributed by atoms with Crippen LogP contribution >= 0.6 is 11.8 Å². The number of rotatable bonds is 7. The largest absolute Gasteiger partial charge is 0.300 e. The van der Waals surface area contributed by atoms with E-state index in [1.807, 2.05) is 6.92 Å². The van der Waals surface area contributed by atoms with Crippen molar-refractivity contribution in [3.05, 3.63) is 23.3 Å². The van der Waals surface area contributed by atoms with E-state index in [0.29, 0.717) is 18.2 Å². The van der Waals surface area contributed by atoms with Crippen molar-refractivity contribution in [2.75, 3.05) is 5.75 Å². The second kappa shape index (κ2) is 7.46. The summed E-state index contributed by atoms with van der Waals surface area (Å²) in [5, 5.41) is 0. The fourth-order valence-corrected chi connectivity index (χ4v) is 3.27. The standard InChI is InChI=1S/C12H14F4O3S2/c1-2-3-4-5-6-20-11-7(13)9(15)12(21(17,18)19)10(16)8(11)14/h2-6H2,1H3,(H,17,18,19). The van der Waals surface area contributed by atoms with E-state index in [2.05, 4.69) is 0 Å². The van der Waals surface area contributed by atoms with E-state index in [9.17, 15) is 26.0 Å². The number of halogens is 4. The smallest absolute Gasteiger partial charge is 0.282 e. The van der Waals surface area contributed by atoms with Gasteiger partial charge in [0.1, 0.15) is 0 Å². The van der Waals surface area contributed by atoms with Crippen molar-refractivity contribution in [2.45, 2.75) is 42.4 Å². The molecule has 0 saturated heterocycles. The van der Waals surface area contributed by atoms with E-state index < -0.39 is 43.2 Å². The lowest BCUT2D eigenvalue weighted by Gasteiger charge is -2.09. The van der Waals surface area contributed by atoms with Gasteiger partial charge >= 0.3 is 10.1 Å². The van der Waals surface area contributed by atoms with Crippen LogP contribution in [0, 0.1) is 23.3 Å². The average molecular weight is 346 g/mol. The lowest BCUT2D eigenvalue weighted by atomic mass is 10.2. The molecule has 21 heavy (non-hydrogen) atoms. The molecule has 0 aromatic heterocycles. The summed E-state index contributed by atoms with van der Waals surface area (Å²) in [6.45, 7) is 1.98. The molecule has 1 N–H and O–H groups in total. The third kappa shape index (κ3) is 4.33. The first-order chi connectivity index (χ1) is 9.71. The second-order valence-corrected chi connectivity index (χ2v) is 6.76. The molecule has 0 radical (unpaired) electrons. The Morgan fingerprint density at radius 3 is 1.90 bits per heavy atom. The normalized spacial score (nSPS) is 11.9. The van der Waals surface area contributed by atoms with E-state index in [1.165, 1.54) is 0 Å². The minimum absolute atomic E-state index is 0.234. The molecule has 120 valence electrons. The number of unbranched alkanes of at least 4 members (excludes halogenated alkanes) is 3. The second-order valence-electron chi connectivity index (χ2n) is 4.30. The lowest BCUT2D eigenvalue weighted by Crippen LogP contribution is -2.11. The van der Waals surface area contributed by atoms with Gasteiger partial charge in [-0.25, -0.2) is 17.6 Å². The first-order valence-corrected chi connectivity index (χ1v) is 8.60. The van der Waals surface area contributed by atoms with Crippen LogP contribution in [0.3, 0.4) is 0 Å². The molecular formula is C12H14F4O3S2. The maximum atomic E-state index is 13.6. The maximum absolute atomic E-state index is 13.6. The van der Waals surface area contributed by atoms with Crippen LogP contribution in [0.2, 0.25) is 0 Å². The summed E-state index contributed by atoms with van der Waals surface area (Å²) in [6.07, 6.45) is 3.29. The topological polar surface area (TPSA) is 54.4 Å². The van der Waals surface area contributed by atoms with Crippen molar-refractivity contribution < 1.29 is 30.5 Å². The van der Waals surface area contributed by atoms with Crippen molar-refractivity contribution in [3.63, 3.8) is 0 Å². The summed E-state index contributed by atoms with van der Waals surface area (Å²) in [4.78, 5) is -2.93. The third-order valence-electron chi connectivity index (χ3n) is 2.69. The minimum Gasteiger partial charge on any atom is -0.282 e. The Morgan fingerprint density at radius 2 is 1.48 bits per heavy atom. The molecule has 0 aliphatic heterocycles. The van der Waals surface area contributed by atoms with Crippen molar-refractivity contribution in [1.82, 2.24) is 0 Å². The summed E-state index contributed by atoms with van der Waals surface area (Å²) in [5.74, 6) is -7.64. The van der Waals surface area contributed by atoms with Crippen LogP contribution < -0.4 is 0 Å². The first kappa shape index (κ1) is 18.2. The highest BCUT2D eigenvalue weighted by atomic mass is 32.2. The van der Waals surface area contributed by atoms with Crippen LogP contribution in [-0.4, -0.2) is 18.7 Å². The van der Waals surface area contributed by atoms with Crippen LogP contribution in [0.15, 0.2) is 9.79 Å². The predicted molar refractivity (Wildman–Crippen MR) is 71.0 cm³/mol. The molecule has 0 aliphatic carbocycles. The van der Waals surface area contributed by atoms with E-state index in [4.69, 9.17) is 4.55 Å². The van der Waals surface area contributed by atoms with Gasteiger partial charge in [0.25, 0.3) is 0 Å². The van der Waals surface area contributed by atoms with Gasteiger partial charge < -0.3 is 0 Å². The molecule has 0 aliphatic rings. The van der Waals surface area contributed by atoms with Gasteiger partial charge in [-0.05, 0) is 12.2 Å². The highest BCUT2D eigenvalue weighted by Crippen LogP contribution is 2.33. The summed E-state index contributed by atoms with van der Waals surface area (Å²) in [5.41, 5.74) is 0. The maximum Gasteiger partial charge on any atom is 0.300 e. The monoisotopic (exact) mass is 346 g/mol. The Bertz CT molecular complexity index is 588. The van der Waals surface area contributed by atoms with Gasteiger partial charge in [0.2, 0.25) is 0 Å². The number of benzene rings is 1. The molecule has 1 aromatic carbocycles. The molecule has 0 spiro atoms. The Hall–Kier alpha value is -0.800. The Balaban J connectivity index is 3.08. The van der Waals surface area contributed by atoms with Gasteiger partial charge in [-0.2, -0.15) is 8.42 Å². The van der Waals surface area contributed by atoms with Gasteiger partial charge in [0.15, 0.2) is 28.2 Å². The Kier molecular flexibility index (Phi) is 6.48. The number of hydrogen-bond donors (Lipinski definition) is 1. The van der Waals surface area contributed by atoms with Crippen molar-refractivity contribution in [3.8, 4) is 0 Å². The van der Waals surface area contributed by atoms with Crippen LogP contribution in [0.4, 0.5) is 17.6 Å². The predicted octanol–water partition coefficient (Wildman–Crippen LogP) is 4.16. The van der Waals surface area contributed by atoms with E-state index in [1.54, 1.807) is 0 Å². The molecule has 0 unspecified atom stereocenters. The molecule has 9 heteroatoms. The molecule has 0 atom stereocenters. The van der Waals surface area contributed by atoms with Crippen LogP contribution in [0.25, 0.3) is 0 Å². The van der Waals surface area contributed by atoms with Gasteiger partial charge in [0.05, 0.1) is 4.90 Å². The highest BCUT2D eigenvalue weighted by Gasteiger charge is 2.32. The molecule has 1 rings (SSSR count). The summed E-state index contributed by atoms with van der Waals surface area (Å²) >= 11 is 0.565. The number of hydrogen-bond acceptors (Lipinski definition) is 3. The Labute approximate surface area is 124 Å². The minimum atomic E-state index is -5.40. The van der Waals surface area contributed by atoms with E-state index >= 15 is 0 Å². The van der Waals surface area contributed by atoms with Crippen molar-refractivity contribution in [1.29, 1.82) is 0 Å². The van der Waals surface area contributed by atoms with Crippen molar-refractivity contribution in [2.24, 2.45) is 0 Å². The summed E-state index contributed by atoms with van der Waals surface area (Å²) in [6, 6.07) is 0. The molecule has 3 nitrogen and oxygen atoms in total. The van der Waals surface area contributed by atoms with Gasteiger partial charge in [-0.3, -0.25) is 4.55 Å². The third-order valence-corrected chi connectivity index (χ3v) is 4.70. The average Bonchev–Trinajstić information content (AvgIpc) is 2.38. The molecule has 1 aromatic rings. The molecule has 0 amide bonds. The Morgan fingerprint density at radius 1 is 0.952 bits per heavy atom. The summed E-state index contributed by atoms with van der Waals surface area (Å²) in [7, 11) is -5.40. The van der Waals surface area contributed by atoms with E-state index in [-0.39, 0.29) is 5.75 Å². The fourth-order valence-electron chi connectivity index (χ4n) is 1.65. The SMILES string of the molecule is CCCCCCSc1c(F)c(F)c(S(=O)(=O)O)c(F)c1F. The zero-order valence-corrected chi connectivity index (χ0v) is 12.8. The first-order valence-electron chi connectivity index (χ1n) is 6.18. The molecular weight excluding hydrogens is 332 g/mol. The quantitative estimate of drug-likeness (QED) is 0.265. The van der Waals surface area contributed by atoms with Crippen LogP contribution in [-0.2, 0) is 10.1 Å². The van der Waals surface area contributed by atoms with Gasteiger partial charge in [-0.1, -0.05) is 26.2 Å². The van der Waals surface area contributed by atoms with Crippen LogP contribution in [0.5, 0.6) is 0 Å². The molecule has 0 fully saturated rings. The molecule has 0 bridgehead atoms. The van der Waals surface area contributed by atoms with Crippen LogP contribution in [0.1, 0.15) is 32.6 Å². The highest BCUT2D eigenvalue weighted by molar-refractivity contribution is 7.99. The zero-order valence-electron chi connectivity index (χ0n) is 11.1. The number of thioether (sulfide) groups is 1. The zero-order chi connectivity index (χ0) is 16.2. The molecule has 0 heterocycles.